The Morgan fingerprint density at radius 3 is 2.22 bits per heavy atom. The molecule has 0 radical (unpaired) electrons. The largest absolute Gasteiger partial charge is 0.344 e. The summed E-state index contributed by atoms with van der Waals surface area (Å²) in [5, 5.41) is 5.59. The standard InChI is InChI=1S/C19H31N3O4S/c1-7-27(25,26)22-16-9-8-15(11-14(16)6)20-19(24)18(13(4)5)21-17(23)10-12(2)3/h8-9,11-13,18,22H,7,10H2,1-6H3,(H,20,24)(H,21,23). The number of carbonyl (C=O) groups is 2. The van der Waals surface area contributed by atoms with Crippen LogP contribution in [0.3, 0.4) is 0 Å². The lowest BCUT2D eigenvalue weighted by molar-refractivity contribution is -0.127. The van der Waals surface area contributed by atoms with Gasteiger partial charge >= 0.3 is 0 Å². The molecule has 1 aromatic rings. The van der Waals surface area contributed by atoms with Crippen LogP contribution < -0.4 is 15.4 Å². The molecule has 27 heavy (non-hydrogen) atoms. The van der Waals surface area contributed by atoms with Crippen LogP contribution in [0.4, 0.5) is 11.4 Å². The minimum atomic E-state index is -3.36. The van der Waals surface area contributed by atoms with Gasteiger partial charge in [0.05, 0.1) is 11.4 Å². The number of sulfonamides is 1. The highest BCUT2D eigenvalue weighted by molar-refractivity contribution is 7.92. The first kappa shape index (κ1) is 23.0. The van der Waals surface area contributed by atoms with Crippen molar-refractivity contribution in [2.45, 2.75) is 54.0 Å². The van der Waals surface area contributed by atoms with Crippen molar-refractivity contribution in [2.24, 2.45) is 11.8 Å². The molecule has 152 valence electrons. The summed E-state index contributed by atoms with van der Waals surface area (Å²) >= 11 is 0. The predicted octanol–water partition coefficient (Wildman–Crippen LogP) is 2.88. The van der Waals surface area contributed by atoms with Crippen LogP contribution in [0, 0.1) is 18.8 Å². The first-order chi connectivity index (χ1) is 12.4. The second kappa shape index (κ2) is 9.73. The quantitative estimate of drug-likeness (QED) is 0.596. The summed E-state index contributed by atoms with van der Waals surface area (Å²) in [4.78, 5) is 24.6. The van der Waals surface area contributed by atoms with E-state index in [1.54, 1.807) is 32.0 Å². The van der Waals surface area contributed by atoms with E-state index in [1.165, 1.54) is 0 Å². The lowest BCUT2D eigenvalue weighted by atomic mass is 10.0. The molecule has 0 bridgehead atoms. The Bertz CT molecular complexity index is 773. The minimum Gasteiger partial charge on any atom is -0.344 e. The van der Waals surface area contributed by atoms with Gasteiger partial charge in [-0.05, 0) is 49.4 Å². The molecule has 1 unspecified atom stereocenters. The number of benzene rings is 1. The molecule has 0 aliphatic carbocycles. The van der Waals surface area contributed by atoms with E-state index in [1.807, 2.05) is 27.7 Å². The van der Waals surface area contributed by atoms with Gasteiger partial charge in [0, 0.05) is 12.1 Å². The monoisotopic (exact) mass is 397 g/mol. The number of aryl methyl sites for hydroxylation is 1. The van der Waals surface area contributed by atoms with Crippen LogP contribution in [0.2, 0.25) is 0 Å². The van der Waals surface area contributed by atoms with E-state index in [0.29, 0.717) is 23.4 Å². The molecule has 8 heteroatoms. The molecule has 3 N–H and O–H groups in total. The second-order valence-electron chi connectivity index (χ2n) is 7.41. The maximum atomic E-state index is 12.6. The van der Waals surface area contributed by atoms with Gasteiger partial charge in [-0.15, -0.1) is 0 Å². The minimum absolute atomic E-state index is 0.0168. The average molecular weight is 398 g/mol. The first-order valence-corrected chi connectivity index (χ1v) is 10.8. The van der Waals surface area contributed by atoms with Crippen LogP contribution in [-0.4, -0.2) is 32.0 Å². The molecule has 0 aromatic heterocycles. The summed E-state index contributed by atoms with van der Waals surface area (Å²) < 4.78 is 25.9. The molecule has 0 aliphatic rings. The van der Waals surface area contributed by atoms with Crippen LogP contribution in [0.5, 0.6) is 0 Å². The Hall–Kier alpha value is -2.09. The van der Waals surface area contributed by atoms with Crippen molar-refractivity contribution in [2.75, 3.05) is 15.8 Å². The summed E-state index contributed by atoms with van der Waals surface area (Å²) in [7, 11) is -3.36. The number of anilines is 2. The molecule has 0 fully saturated rings. The van der Waals surface area contributed by atoms with Gasteiger partial charge in [-0.2, -0.15) is 0 Å². The van der Waals surface area contributed by atoms with E-state index in [9.17, 15) is 18.0 Å². The van der Waals surface area contributed by atoms with Crippen LogP contribution in [-0.2, 0) is 19.6 Å². The summed E-state index contributed by atoms with van der Waals surface area (Å²) in [6.45, 7) is 10.9. The van der Waals surface area contributed by atoms with Crippen molar-refractivity contribution in [3.63, 3.8) is 0 Å². The molecule has 1 aromatic carbocycles. The number of amides is 2. The maximum Gasteiger partial charge on any atom is 0.247 e. The van der Waals surface area contributed by atoms with Gasteiger partial charge in [-0.1, -0.05) is 27.7 Å². The fourth-order valence-electron chi connectivity index (χ4n) is 2.45. The molecule has 1 atom stereocenters. The molecule has 0 aliphatic heterocycles. The van der Waals surface area contributed by atoms with Gasteiger partial charge in [0.15, 0.2) is 0 Å². The molecule has 0 saturated heterocycles. The first-order valence-electron chi connectivity index (χ1n) is 9.16. The van der Waals surface area contributed by atoms with E-state index in [4.69, 9.17) is 0 Å². The topological polar surface area (TPSA) is 104 Å². The molecule has 7 nitrogen and oxygen atoms in total. The van der Waals surface area contributed by atoms with Gasteiger partial charge < -0.3 is 10.6 Å². The SMILES string of the molecule is CCS(=O)(=O)Nc1ccc(NC(=O)C(NC(=O)CC(C)C)C(C)C)cc1C. The lowest BCUT2D eigenvalue weighted by Gasteiger charge is -2.22. The normalized spacial score (nSPS) is 12.7. The van der Waals surface area contributed by atoms with Crippen LogP contribution >= 0.6 is 0 Å². The lowest BCUT2D eigenvalue weighted by Crippen LogP contribution is -2.47. The van der Waals surface area contributed by atoms with E-state index in [-0.39, 0.29) is 29.4 Å². The third-order valence-corrected chi connectivity index (χ3v) is 5.29. The zero-order chi connectivity index (χ0) is 20.8. The van der Waals surface area contributed by atoms with Crippen molar-refractivity contribution >= 4 is 33.2 Å². The molecular weight excluding hydrogens is 366 g/mol. The predicted molar refractivity (Wildman–Crippen MR) is 109 cm³/mol. The van der Waals surface area contributed by atoms with Crippen LogP contribution in [0.1, 0.15) is 46.6 Å². The van der Waals surface area contributed by atoms with E-state index in [0.717, 1.165) is 0 Å². The summed E-state index contributed by atoms with van der Waals surface area (Å²) in [5.41, 5.74) is 1.70. The molecule has 0 heterocycles. The third-order valence-electron chi connectivity index (χ3n) is 4.00. The number of rotatable bonds is 9. The molecule has 0 saturated carbocycles. The van der Waals surface area contributed by atoms with Gasteiger partial charge in [0.2, 0.25) is 21.8 Å². The highest BCUT2D eigenvalue weighted by Gasteiger charge is 2.24. The number of hydrogen-bond acceptors (Lipinski definition) is 4. The Morgan fingerprint density at radius 1 is 1.11 bits per heavy atom. The summed E-state index contributed by atoms with van der Waals surface area (Å²) in [6, 6.07) is 4.29. The Morgan fingerprint density at radius 2 is 1.74 bits per heavy atom. The Balaban J connectivity index is 2.87. The summed E-state index contributed by atoms with van der Waals surface area (Å²) in [5.74, 6) is -0.333. The Labute approximate surface area is 162 Å². The number of hydrogen-bond donors (Lipinski definition) is 3. The smallest absolute Gasteiger partial charge is 0.247 e. The molecular formula is C19H31N3O4S. The molecule has 1 rings (SSSR count). The van der Waals surface area contributed by atoms with Crippen molar-refractivity contribution in [1.29, 1.82) is 0 Å². The van der Waals surface area contributed by atoms with Crippen LogP contribution in [0.25, 0.3) is 0 Å². The van der Waals surface area contributed by atoms with Crippen molar-refractivity contribution in [1.82, 2.24) is 5.32 Å². The zero-order valence-corrected chi connectivity index (χ0v) is 17.7. The highest BCUT2D eigenvalue weighted by atomic mass is 32.2. The number of carbonyl (C=O) groups excluding carboxylic acids is 2. The fraction of sp³-hybridized carbons (Fsp3) is 0.579. The van der Waals surface area contributed by atoms with E-state index in [2.05, 4.69) is 15.4 Å². The third kappa shape index (κ3) is 7.58. The fourth-order valence-corrected chi connectivity index (χ4v) is 3.16. The Kier molecular flexibility index (Phi) is 8.27. The maximum absolute atomic E-state index is 12.6. The average Bonchev–Trinajstić information content (AvgIpc) is 2.54. The van der Waals surface area contributed by atoms with Gasteiger partial charge in [-0.25, -0.2) is 8.42 Å². The highest BCUT2D eigenvalue weighted by Crippen LogP contribution is 2.21. The van der Waals surface area contributed by atoms with Crippen molar-refractivity contribution < 1.29 is 18.0 Å². The van der Waals surface area contributed by atoms with Gasteiger partial charge in [-0.3, -0.25) is 14.3 Å². The van der Waals surface area contributed by atoms with Gasteiger partial charge in [0.25, 0.3) is 0 Å². The molecule has 2 amide bonds. The molecule has 0 spiro atoms. The van der Waals surface area contributed by atoms with E-state index >= 15 is 0 Å². The van der Waals surface area contributed by atoms with Crippen LogP contribution in [0.15, 0.2) is 18.2 Å². The zero-order valence-electron chi connectivity index (χ0n) is 16.9. The van der Waals surface area contributed by atoms with Crippen molar-refractivity contribution in [3.8, 4) is 0 Å². The van der Waals surface area contributed by atoms with E-state index < -0.39 is 16.1 Å². The van der Waals surface area contributed by atoms with Gasteiger partial charge in [0.1, 0.15) is 6.04 Å². The number of nitrogens with one attached hydrogen (secondary N) is 3. The summed E-state index contributed by atoms with van der Waals surface area (Å²) in [6.07, 6.45) is 0.363. The van der Waals surface area contributed by atoms with Crippen molar-refractivity contribution in [3.05, 3.63) is 23.8 Å². The second-order valence-corrected chi connectivity index (χ2v) is 9.42.